The minimum atomic E-state index is 1.26. The second kappa shape index (κ2) is 14.9. The number of hydrogen-bond acceptors (Lipinski definition) is 2. The molecule has 0 aromatic heterocycles. The Kier molecular flexibility index (Phi) is 17.0. The van der Waals surface area contributed by atoms with Crippen molar-refractivity contribution in [2.75, 3.05) is 20.6 Å². The quantitative estimate of drug-likeness (QED) is 0.586. The maximum atomic E-state index is 7.32. The highest BCUT2D eigenvalue weighted by molar-refractivity contribution is 4.51. The Morgan fingerprint density at radius 1 is 1.00 bits per heavy atom. The maximum absolute atomic E-state index is 7.32. The van der Waals surface area contributed by atoms with E-state index in [1.54, 1.807) is 6.07 Å². The molecule has 0 atom stereocenters. The Morgan fingerprint density at radius 2 is 1.43 bits per heavy atom. The Balaban J connectivity index is 0. The molecular weight excluding hydrogens is 172 g/mol. The zero-order valence-electron chi connectivity index (χ0n) is 10.3. The molecule has 84 valence electrons. The monoisotopic (exact) mass is 198 g/mol. The molecule has 2 heteroatoms. The summed E-state index contributed by atoms with van der Waals surface area (Å²) in [6.07, 6.45) is 8.43. The fourth-order valence-corrected chi connectivity index (χ4v) is 1.21. The second-order valence-corrected chi connectivity index (χ2v) is 3.79. The van der Waals surface area contributed by atoms with Crippen LogP contribution in [0.5, 0.6) is 0 Å². The Bertz CT molecular complexity index is 125. The zero-order valence-corrected chi connectivity index (χ0v) is 10.3. The van der Waals surface area contributed by atoms with Gasteiger partial charge in [-0.25, -0.2) is 0 Å². The van der Waals surface area contributed by atoms with Gasteiger partial charge in [0.1, 0.15) is 0 Å². The molecule has 0 unspecified atom stereocenters. The van der Waals surface area contributed by atoms with E-state index >= 15 is 0 Å². The van der Waals surface area contributed by atoms with Gasteiger partial charge in [0.15, 0.2) is 0 Å². The van der Waals surface area contributed by atoms with Crippen LogP contribution < -0.4 is 0 Å². The molecule has 2 nitrogen and oxygen atoms in total. The molecule has 0 N–H and O–H groups in total. The normalized spacial score (nSPS) is 9.14. The summed E-state index contributed by atoms with van der Waals surface area (Å²) in [6, 6.07) is 1.75. The van der Waals surface area contributed by atoms with E-state index in [0.717, 1.165) is 0 Å². The van der Waals surface area contributed by atoms with Crippen LogP contribution in [0.2, 0.25) is 0 Å². The lowest BCUT2D eigenvalue weighted by Crippen LogP contribution is -2.12. The zero-order chi connectivity index (χ0) is 11.2. The van der Waals surface area contributed by atoms with Crippen LogP contribution in [0.25, 0.3) is 0 Å². The van der Waals surface area contributed by atoms with Crippen molar-refractivity contribution >= 4 is 0 Å². The van der Waals surface area contributed by atoms with Crippen molar-refractivity contribution in [2.24, 2.45) is 0 Å². The summed E-state index contributed by atoms with van der Waals surface area (Å²) in [5, 5.41) is 7.32. The standard InChI is InChI=1S/C10H23N.C2H3N/c1-4-5-6-7-8-9-10-11(2)3;1-2-3/h4-10H2,1-3H3;1H3. The van der Waals surface area contributed by atoms with Gasteiger partial charge >= 0.3 is 0 Å². The van der Waals surface area contributed by atoms with E-state index < -0.39 is 0 Å². The summed E-state index contributed by atoms with van der Waals surface area (Å²) in [5.74, 6) is 0. The average molecular weight is 198 g/mol. The number of nitrogens with zero attached hydrogens (tertiary/aromatic N) is 2. The van der Waals surface area contributed by atoms with Gasteiger partial charge in [-0.1, -0.05) is 39.0 Å². The lowest BCUT2D eigenvalue weighted by molar-refractivity contribution is 0.389. The van der Waals surface area contributed by atoms with E-state index in [4.69, 9.17) is 5.26 Å². The molecule has 14 heavy (non-hydrogen) atoms. The van der Waals surface area contributed by atoms with Crippen molar-refractivity contribution in [3.05, 3.63) is 0 Å². The first-order valence-corrected chi connectivity index (χ1v) is 5.64. The lowest BCUT2D eigenvalue weighted by atomic mass is 10.1. The van der Waals surface area contributed by atoms with Crippen molar-refractivity contribution < 1.29 is 0 Å². The fourth-order valence-electron chi connectivity index (χ4n) is 1.21. The van der Waals surface area contributed by atoms with Crippen molar-refractivity contribution in [2.45, 2.75) is 52.4 Å². The van der Waals surface area contributed by atoms with Crippen LogP contribution in [0, 0.1) is 11.3 Å². The lowest BCUT2D eigenvalue weighted by Gasteiger charge is -2.08. The summed E-state index contributed by atoms with van der Waals surface area (Å²) in [5.41, 5.74) is 0. The van der Waals surface area contributed by atoms with Gasteiger partial charge in [0.2, 0.25) is 0 Å². The van der Waals surface area contributed by atoms with E-state index in [2.05, 4.69) is 25.9 Å². The highest BCUT2D eigenvalue weighted by Crippen LogP contribution is 2.04. The van der Waals surface area contributed by atoms with Crippen molar-refractivity contribution in [1.29, 1.82) is 5.26 Å². The molecule has 0 radical (unpaired) electrons. The second-order valence-electron chi connectivity index (χ2n) is 3.79. The molecular formula is C12H26N2. The first-order chi connectivity index (χ1) is 6.68. The van der Waals surface area contributed by atoms with Gasteiger partial charge in [-0.05, 0) is 27.1 Å². The number of unbranched alkanes of at least 4 members (excludes halogenated alkanes) is 5. The van der Waals surface area contributed by atoms with E-state index in [-0.39, 0.29) is 0 Å². The van der Waals surface area contributed by atoms with Crippen LogP contribution in [0.15, 0.2) is 0 Å². The number of hydrogen-bond donors (Lipinski definition) is 0. The largest absolute Gasteiger partial charge is 0.309 e. The minimum absolute atomic E-state index is 1.26. The third-order valence-corrected chi connectivity index (χ3v) is 1.96. The van der Waals surface area contributed by atoms with Gasteiger partial charge in [0.05, 0.1) is 6.07 Å². The van der Waals surface area contributed by atoms with Crippen molar-refractivity contribution in [3.8, 4) is 6.07 Å². The average Bonchev–Trinajstić information content (AvgIpc) is 2.12. The summed E-state index contributed by atoms with van der Waals surface area (Å²) >= 11 is 0. The molecule has 0 saturated carbocycles. The molecule has 0 bridgehead atoms. The molecule has 0 amide bonds. The van der Waals surface area contributed by atoms with Gasteiger partial charge in [0.25, 0.3) is 0 Å². The first kappa shape index (κ1) is 15.9. The summed E-state index contributed by atoms with van der Waals surface area (Å²) in [6.45, 7) is 4.95. The van der Waals surface area contributed by atoms with E-state index in [1.807, 2.05) is 0 Å². The van der Waals surface area contributed by atoms with Crippen LogP contribution in [0.1, 0.15) is 52.4 Å². The third-order valence-electron chi connectivity index (χ3n) is 1.96. The molecule has 0 aliphatic carbocycles. The van der Waals surface area contributed by atoms with E-state index in [9.17, 15) is 0 Å². The number of nitriles is 1. The molecule has 0 saturated heterocycles. The van der Waals surface area contributed by atoms with Gasteiger partial charge in [-0.15, -0.1) is 0 Å². The smallest absolute Gasteiger partial charge is 0.0587 e. The number of rotatable bonds is 7. The Hall–Kier alpha value is -0.550. The van der Waals surface area contributed by atoms with Crippen LogP contribution >= 0.6 is 0 Å². The van der Waals surface area contributed by atoms with Gasteiger partial charge in [-0.2, -0.15) is 5.26 Å². The van der Waals surface area contributed by atoms with Crippen LogP contribution in [0.3, 0.4) is 0 Å². The van der Waals surface area contributed by atoms with Crippen molar-refractivity contribution in [3.63, 3.8) is 0 Å². The summed E-state index contributed by atoms with van der Waals surface area (Å²) < 4.78 is 0. The molecule has 0 aliphatic heterocycles. The first-order valence-electron chi connectivity index (χ1n) is 5.64. The third kappa shape index (κ3) is 22.5. The van der Waals surface area contributed by atoms with E-state index in [1.165, 1.54) is 52.0 Å². The van der Waals surface area contributed by atoms with E-state index in [0.29, 0.717) is 0 Å². The van der Waals surface area contributed by atoms with Gasteiger partial charge in [0, 0.05) is 6.92 Å². The molecule has 0 aliphatic rings. The Morgan fingerprint density at radius 3 is 1.86 bits per heavy atom. The molecule has 0 rings (SSSR count). The molecule has 0 aromatic carbocycles. The van der Waals surface area contributed by atoms with Gasteiger partial charge in [-0.3, -0.25) is 0 Å². The highest BCUT2D eigenvalue weighted by atomic mass is 15.0. The minimum Gasteiger partial charge on any atom is -0.309 e. The van der Waals surface area contributed by atoms with Crippen LogP contribution in [0.4, 0.5) is 0 Å². The highest BCUT2D eigenvalue weighted by Gasteiger charge is 1.90. The predicted octanol–water partition coefficient (Wildman–Crippen LogP) is 3.44. The summed E-state index contributed by atoms with van der Waals surface area (Å²) in [7, 11) is 4.29. The van der Waals surface area contributed by atoms with Crippen LogP contribution in [-0.2, 0) is 0 Å². The predicted molar refractivity (Wildman–Crippen MR) is 63.2 cm³/mol. The fraction of sp³-hybridized carbons (Fsp3) is 0.917. The molecule has 0 spiro atoms. The summed E-state index contributed by atoms with van der Waals surface area (Å²) in [4.78, 5) is 2.26. The molecule has 0 aromatic rings. The molecule has 0 heterocycles. The Labute approximate surface area is 89.9 Å². The SMILES string of the molecule is CC#N.CCCCCCCCN(C)C. The topological polar surface area (TPSA) is 27.0 Å². The van der Waals surface area contributed by atoms with Crippen molar-refractivity contribution in [1.82, 2.24) is 4.90 Å². The maximum Gasteiger partial charge on any atom is 0.0587 e. The van der Waals surface area contributed by atoms with Crippen LogP contribution in [-0.4, -0.2) is 25.5 Å². The van der Waals surface area contributed by atoms with Gasteiger partial charge < -0.3 is 4.90 Å². The molecule has 0 fully saturated rings.